The van der Waals surface area contributed by atoms with Gasteiger partial charge in [-0.2, -0.15) is 0 Å². The van der Waals surface area contributed by atoms with Gasteiger partial charge in [0.2, 0.25) is 0 Å². The highest BCUT2D eigenvalue weighted by Gasteiger charge is 1.88. The topological polar surface area (TPSA) is 0 Å². The predicted molar refractivity (Wildman–Crippen MR) is 66.2 cm³/mol. The molecule has 0 unspecified atom stereocenters. The molecule has 0 amide bonds. The van der Waals surface area contributed by atoms with Crippen molar-refractivity contribution >= 4 is 0 Å². The maximum absolute atomic E-state index is 3.80. The zero-order valence-electron chi connectivity index (χ0n) is 9.51. The van der Waals surface area contributed by atoms with Crippen molar-refractivity contribution in [3.63, 3.8) is 0 Å². The average Bonchev–Trinajstić information content (AvgIpc) is 2.21. The van der Waals surface area contributed by atoms with Gasteiger partial charge in [0.1, 0.15) is 0 Å². The lowest BCUT2D eigenvalue weighted by Gasteiger charge is -1.97. The molecule has 0 spiro atoms. The molecule has 81 valence electrons. The molecule has 0 rings (SSSR count). The van der Waals surface area contributed by atoms with Crippen molar-refractivity contribution in [2.24, 2.45) is 0 Å². The SMILES string of the molecule is [CH2]CCC=CCCCCCCCC=C. The van der Waals surface area contributed by atoms with E-state index in [1.807, 2.05) is 6.08 Å². The van der Waals surface area contributed by atoms with Crippen LogP contribution in [0, 0.1) is 6.92 Å². The van der Waals surface area contributed by atoms with E-state index in [4.69, 9.17) is 0 Å². The maximum Gasteiger partial charge on any atom is -0.0351 e. The largest absolute Gasteiger partial charge is 0.103 e. The Labute approximate surface area is 90.1 Å². The normalized spacial score (nSPS) is 10.9. The first kappa shape index (κ1) is 13.5. The van der Waals surface area contributed by atoms with E-state index in [1.54, 1.807) is 0 Å². The highest BCUT2D eigenvalue weighted by Crippen LogP contribution is 2.07. The smallest absolute Gasteiger partial charge is 0.0351 e. The molecule has 0 aromatic rings. The molecule has 0 saturated carbocycles. The Morgan fingerprint density at radius 2 is 1.29 bits per heavy atom. The fourth-order valence-electron chi connectivity index (χ4n) is 1.43. The van der Waals surface area contributed by atoms with Crippen LogP contribution < -0.4 is 0 Å². The van der Waals surface area contributed by atoms with Crippen LogP contribution >= 0.6 is 0 Å². The van der Waals surface area contributed by atoms with Crippen LogP contribution in [0.5, 0.6) is 0 Å². The fourth-order valence-corrected chi connectivity index (χ4v) is 1.43. The summed E-state index contributed by atoms with van der Waals surface area (Å²) >= 11 is 0. The molecule has 0 heterocycles. The molecule has 0 saturated heterocycles. The summed E-state index contributed by atoms with van der Waals surface area (Å²) in [6, 6.07) is 0. The van der Waals surface area contributed by atoms with Crippen LogP contribution in [0.25, 0.3) is 0 Å². The van der Waals surface area contributed by atoms with Gasteiger partial charge < -0.3 is 0 Å². The highest BCUT2D eigenvalue weighted by atomic mass is 13.9. The van der Waals surface area contributed by atoms with Crippen LogP contribution in [-0.2, 0) is 0 Å². The van der Waals surface area contributed by atoms with Gasteiger partial charge in [-0.25, -0.2) is 0 Å². The zero-order valence-corrected chi connectivity index (χ0v) is 9.51. The highest BCUT2D eigenvalue weighted by molar-refractivity contribution is 4.81. The molecule has 0 aromatic carbocycles. The molecule has 0 aliphatic carbocycles. The minimum absolute atomic E-state index is 1.03. The Balaban J connectivity index is 2.95. The summed E-state index contributed by atoms with van der Waals surface area (Å²) in [6.45, 7) is 7.52. The van der Waals surface area contributed by atoms with E-state index in [0.29, 0.717) is 0 Å². The Morgan fingerprint density at radius 1 is 0.714 bits per heavy atom. The van der Waals surface area contributed by atoms with Crippen molar-refractivity contribution in [3.05, 3.63) is 31.7 Å². The first-order valence-electron chi connectivity index (χ1n) is 5.97. The Hall–Kier alpha value is -0.520. The predicted octanol–water partition coefficient (Wildman–Crippen LogP) is 5.07. The molecule has 0 aliphatic heterocycles. The second-order valence-corrected chi connectivity index (χ2v) is 3.75. The summed E-state index contributed by atoms with van der Waals surface area (Å²) in [5, 5.41) is 0. The molecule has 0 bridgehead atoms. The first-order chi connectivity index (χ1) is 6.91. The van der Waals surface area contributed by atoms with Crippen LogP contribution in [0.15, 0.2) is 24.8 Å². The second kappa shape index (κ2) is 12.5. The third kappa shape index (κ3) is 11.5. The standard InChI is InChI=1S/C14H25/c1-3-5-7-9-11-13-14-12-10-8-6-4-2/h3,8,10H,1-2,4-7,9,11-14H2. The van der Waals surface area contributed by atoms with E-state index in [1.165, 1.54) is 44.9 Å². The lowest BCUT2D eigenvalue weighted by atomic mass is 10.1. The van der Waals surface area contributed by atoms with Crippen LogP contribution in [0.1, 0.15) is 57.8 Å². The second-order valence-electron chi connectivity index (χ2n) is 3.75. The van der Waals surface area contributed by atoms with Crippen molar-refractivity contribution in [1.29, 1.82) is 0 Å². The van der Waals surface area contributed by atoms with E-state index in [2.05, 4.69) is 25.7 Å². The van der Waals surface area contributed by atoms with Crippen molar-refractivity contribution in [1.82, 2.24) is 0 Å². The monoisotopic (exact) mass is 193 g/mol. The van der Waals surface area contributed by atoms with Gasteiger partial charge in [-0.15, -0.1) is 6.58 Å². The summed E-state index contributed by atoms with van der Waals surface area (Å²) in [5.74, 6) is 0. The van der Waals surface area contributed by atoms with Crippen molar-refractivity contribution in [2.75, 3.05) is 0 Å². The van der Waals surface area contributed by atoms with Gasteiger partial charge in [0, 0.05) is 0 Å². The summed E-state index contributed by atoms with van der Waals surface area (Å²) in [6.07, 6.45) is 18.0. The Kier molecular flexibility index (Phi) is 12.0. The fraction of sp³-hybridized carbons (Fsp3) is 0.643. The minimum atomic E-state index is 1.03. The van der Waals surface area contributed by atoms with Crippen LogP contribution in [0.2, 0.25) is 0 Å². The average molecular weight is 193 g/mol. The number of unbranched alkanes of at least 4 members (excludes halogenated alkanes) is 7. The molecule has 0 N–H and O–H groups in total. The lowest BCUT2D eigenvalue weighted by molar-refractivity contribution is 0.622. The minimum Gasteiger partial charge on any atom is -0.103 e. The molecule has 0 aliphatic rings. The molecule has 0 fully saturated rings. The van der Waals surface area contributed by atoms with Gasteiger partial charge in [0.25, 0.3) is 0 Å². The molecule has 0 aromatic heterocycles. The number of hydrogen-bond donors (Lipinski definition) is 0. The lowest BCUT2D eigenvalue weighted by Crippen LogP contribution is -1.78. The Bertz CT molecular complexity index is 133. The van der Waals surface area contributed by atoms with Crippen LogP contribution in [0.4, 0.5) is 0 Å². The quantitative estimate of drug-likeness (QED) is 0.335. The van der Waals surface area contributed by atoms with Gasteiger partial charge in [0.15, 0.2) is 0 Å². The van der Waals surface area contributed by atoms with Crippen molar-refractivity contribution < 1.29 is 0 Å². The molecular weight excluding hydrogens is 168 g/mol. The molecule has 14 heavy (non-hydrogen) atoms. The number of allylic oxidation sites excluding steroid dienone is 3. The van der Waals surface area contributed by atoms with Crippen molar-refractivity contribution in [2.45, 2.75) is 57.8 Å². The Morgan fingerprint density at radius 3 is 1.93 bits per heavy atom. The van der Waals surface area contributed by atoms with Crippen LogP contribution in [0.3, 0.4) is 0 Å². The first-order valence-corrected chi connectivity index (χ1v) is 5.97. The third-order valence-electron chi connectivity index (χ3n) is 2.32. The molecule has 0 heteroatoms. The third-order valence-corrected chi connectivity index (χ3v) is 2.32. The van der Waals surface area contributed by atoms with E-state index in [9.17, 15) is 0 Å². The number of rotatable bonds is 10. The van der Waals surface area contributed by atoms with Gasteiger partial charge in [-0.05, 0) is 38.5 Å². The molecule has 0 atom stereocenters. The van der Waals surface area contributed by atoms with Gasteiger partial charge in [0.05, 0.1) is 0 Å². The van der Waals surface area contributed by atoms with E-state index >= 15 is 0 Å². The molecule has 1 radical (unpaired) electrons. The summed E-state index contributed by atoms with van der Waals surface area (Å²) in [4.78, 5) is 0. The molecular formula is C14H25. The van der Waals surface area contributed by atoms with Gasteiger partial charge in [-0.1, -0.05) is 44.4 Å². The van der Waals surface area contributed by atoms with Crippen LogP contribution in [-0.4, -0.2) is 0 Å². The summed E-state index contributed by atoms with van der Waals surface area (Å²) < 4.78 is 0. The maximum atomic E-state index is 3.80. The zero-order chi connectivity index (χ0) is 10.5. The van der Waals surface area contributed by atoms with E-state index in [0.717, 1.165) is 12.8 Å². The van der Waals surface area contributed by atoms with Gasteiger partial charge in [-0.3, -0.25) is 0 Å². The van der Waals surface area contributed by atoms with E-state index in [-0.39, 0.29) is 0 Å². The molecule has 0 nitrogen and oxygen atoms in total. The van der Waals surface area contributed by atoms with E-state index < -0.39 is 0 Å². The summed E-state index contributed by atoms with van der Waals surface area (Å²) in [7, 11) is 0. The van der Waals surface area contributed by atoms with Crippen molar-refractivity contribution in [3.8, 4) is 0 Å². The van der Waals surface area contributed by atoms with Gasteiger partial charge >= 0.3 is 0 Å². The summed E-state index contributed by atoms with van der Waals surface area (Å²) in [5.41, 5.74) is 0. The number of hydrogen-bond acceptors (Lipinski definition) is 0.